The smallest absolute Gasteiger partial charge is 0.134 e. The summed E-state index contributed by atoms with van der Waals surface area (Å²) >= 11 is 3.60. The molecule has 3 aromatic rings. The normalized spacial score (nSPS) is 11.1. The van der Waals surface area contributed by atoms with Crippen molar-refractivity contribution in [2.45, 2.75) is 27.4 Å². The van der Waals surface area contributed by atoms with Gasteiger partial charge in [-0.3, -0.25) is 4.99 Å². The van der Waals surface area contributed by atoms with Gasteiger partial charge in [0.15, 0.2) is 0 Å². The van der Waals surface area contributed by atoms with Crippen LogP contribution in [-0.2, 0) is 6.61 Å². The number of aryl methyl sites for hydroxylation is 3. The molecule has 0 heterocycles. The average molecular weight is 408 g/mol. The van der Waals surface area contributed by atoms with Gasteiger partial charge in [-0.2, -0.15) is 0 Å². The molecule has 0 saturated carbocycles. The van der Waals surface area contributed by atoms with Gasteiger partial charge in [-0.15, -0.1) is 0 Å². The maximum atomic E-state index is 5.92. The van der Waals surface area contributed by atoms with Crippen LogP contribution >= 0.6 is 15.9 Å². The van der Waals surface area contributed by atoms with Crippen LogP contribution in [0.2, 0.25) is 0 Å². The fourth-order valence-electron chi connectivity index (χ4n) is 2.56. The summed E-state index contributed by atoms with van der Waals surface area (Å²) in [6, 6.07) is 20.7. The third kappa shape index (κ3) is 4.83. The lowest BCUT2D eigenvalue weighted by atomic mass is 10.1. The highest BCUT2D eigenvalue weighted by Crippen LogP contribution is 2.27. The van der Waals surface area contributed by atoms with Crippen LogP contribution in [0.5, 0.6) is 5.75 Å². The van der Waals surface area contributed by atoms with E-state index in [0.717, 1.165) is 27.0 Å². The van der Waals surface area contributed by atoms with E-state index in [1.165, 1.54) is 16.7 Å². The summed E-state index contributed by atoms with van der Waals surface area (Å²) in [5.41, 5.74) is 6.82. The first-order chi connectivity index (χ1) is 12.5. The minimum Gasteiger partial charge on any atom is -0.488 e. The van der Waals surface area contributed by atoms with Crippen molar-refractivity contribution in [1.29, 1.82) is 0 Å². The molecule has 3 rings (SSSR count). The second-order valence-corrected chi connectivity index (χ2v) is 7.37. The Balaban J connectivity index is 1.69. The van der Waals surface area contributed by atoms with Crippen LogP contribution in [0.4, 0.5) is 5.69 Å². The minimum atomic E-state index is 0.550. The highest BCUT2D eigenvalue weighted by atomic mass is 79.9. The molecule has 0 bridgehead atoms. The largest absolute Gasteiger partial charge is 0.488 e. The number of ether oxygens (including phenoxy) is 1. The molecule has 0 spiro atoms. The molecule has 3 aromatic carbocycles. The van der Waals surface area contributed by atoms with Crippen LogP contribution < -0.4 is 4.74 Å². The topological polar surface area (TPSA) is 21.6 Å². The molecular weight excluding hydrogens is 386 g/mol. The number of halogens is 1. The molecule has 26 heavy (non-hydrogen) atoms. The summed E-state index contributed by atoms with van der Waals surface area (Å²) in [6.45, 7) is 6.79. The van der Waals surface area contributed by atoms with Crippen LogP contribution in [0.15, 0.2) is 70.1 Å². The van der Waals surface area contributed by atoms with Gasteiger partial charge in [0.1, 0.15) is 12.4 Å². The average Bonchev–Trinajstić information content (AvgIpc) is 2.63. The monoisotopic (exact) mass is 407 g/mol. The first-order valence-electron chi connectivity index (χ1n) is 8.60. The van der Waals surface area contributed by atoms with Crippen LogP contribution in [-0.4, -0.2) is 6.21 Å². The van der Waals surface area contributed by atoms with Crippen molar-refractivity contribution in [2.24, 2.45) is 4.99 Å². The van der Waals surface area contributed by atoms with Crippen molar-refractivity contribution in [3.8, 4) is 5.75 Å². The molecular formula is C23H22BrNO. The van der Waals surface area contributed by atoms with Gasteiger partial charge in [-0.1, -0.05) is 42.0 Å². The summed E-state index contributed by atoms with van der Waals surface area (Å²) in [4.78, 5) is 4.62. The van der Waals surface area contributed by atoms with Gasteiger partial charge in [-0.05, 0) is 83.2 Å². The van der Waals surface area contributed by atoms with E-state index in [9.17, 15) is 0 Å². The maximum absolute atomic E-state index is 5.92. The van der Waals surface area contributed by atoms with E-state index in [2.05, 4.69) is 84.2 Å². The van der Waals surface area contributed by atoms with E-state index < -0.39 is 0 Å². The Hall–Kier alpha value is -2.39. The second kappa shape index (κ2) is 8.33. The zero-order valence-electron chi connectivity index (χ0n) is 15.3. The van der Waals surface area contributed by atoms with E-state index >= 15 is 0 Å². The third-order valence-corrected chi connectivity index (χ3v) is 4.81. The predicted molar refractivity (Wildman–Crippen MR) is 113 cm³/mol. The molecule has 3 heteroatoms. The molecule has 0 aliphatic heterocycles. The summed E-state index contributed by atoms with van der Waals surface area (Å²) in [6.07, 6.45) is 1.89. The summed E-state index contributed by atoms with van der Waals surface area (Å²) in [5.74, 6) is 0.828. The second-order valence-electron chi connectivity index (χ2n) is 6.51. The van der Waals surface area contributed by atoms with Gasteiger partial charge in [-0.25, -0.2) is 0 Å². The van der Waals surface area contributed by atoms with Crippen molar-refractivity contribution in [3.63, 3.8) is 0 Å². The number of nitrogens with zero attached hydrogens (tertiary/aromatic N) is 1. The fourth-order valence-corrected chi connectivity index (χ4v) is 3.07. The fraction of sp³-hybridized carbons (Fsp3) is 0.174. The summed E-state index contributed by atoms with van der Waals surface area (Å²) < 4.78 is 6.85. The lowest BCUT2D eigenvalue weighted by molar-refractivity contribution is 0.304. The van der Waals surface area contributed by atoms with Crippen molar-refractivity contribution in [2.75, 3.05) is 0 Å². The number of hydrogen-bond acceptors (Lipinski definition) is 2. The predicted octanol–water partition coefficient (Wildman–Crippen LogP) is 6.70. The Morgan fingerprint density at radius 2 is 1.62 bits per heavy atom. The molecule has 0 amide bonds. The molecule has 0 aliphatic carbocycles. The number of benzene rings is 3. The first kappa shape index (κ1) is 18.4. The molecule has 0 saturated heterocycles. The van der Waals surface area contributed by atoms with Crippen molar-refractivity contribution < 1.29 is 4.74 Å². The Labute approximate surface area is 163 Å². The zero-order chi connectivity index (χ0) is 18.5. The Morgan fingerprint density at radius 1 is 0.885 bits per heavy atom. The Kier molecular flexibility index (Phi) is 5.89. The van der Waals surface area contributed by atoms with Gasteiger partial charge in [0.05, 0.1) is 10.2 Å². The lowest BCUT2D eigenvalue weighted by Gasteiger charge is -2.09. The molecule has 0 unspecified atom stereocenters. The van der Waals surface area contributed by atoms with E-state index in [1.54, 1.807) is 0 Å². The van der Waals surface area contributed by atoms with E-state index in [0.29, 0.717) is 6.61 Å². The van der Waals surface area contributed by atoms with Crippen LogP contribution in [0.25, 0.3) is 0 Å². The molecule has 0 radical (unpaired) electrons. The highest BCUT2D eigenvalue weighted by Gasteiger charge is 2.03. The lowest BCUT2D eigenvalue weighted by Crippen LogP contribution is -1.96. The van der Waals surface area contributed by atoms with Crippen molar-refractivity contribution >= 4 is 27.8 Å². The van der Waals surface area contributed by atoms with E-state index in [1.807, 2.05) is 24.4 Å². The van der Waals surface area contributed by atoms with Crippen LogP contribution in [0.3, 0.4) is 0 Å². The minimum absolute atomic E-state index is 0.550. The zero-order valence-corrected chi connectivity index (χ0v) is 16.9. The standard InChI is InChI=1S/C23H22BrNO/c1-16-5-8-19(9-6-16)15-26-23-11-10-20(13-21(23)24)14-25-22-12-17(2)4-7-18(22)3/h4-14H,15H2,1-3H3. The SMILES string of the molecule is Cc1ccc(COc2ccc(C=Nc3cc(C)ccc3C)cc2Br)cc1. The molecule has 0 aromatic heterocycles. The maximum Gasteiger partial charge on any atom is 0.134 e. The molecule has 0 N–H and O–H groups in total. The Morgan fingerprint density at radius 3 is 2.35 bits per heavy atom. The van der Waals surface area contributed by atoms with Crippen molar-refractivity contribution in [3.05, 3.63) is 93.0 Å². The van der Waals surface area contributed by atoms with Gasteiger partial charge >= 0.3 is 0 Å². The quantitative estimate of drug-likeness (QED) is 0.430. The van der Waals surface area contributed by atoms with E-state index in [-0.39, 0.29) is 0 Å². The summed E-state index contributed by atoms with van der Waals surface area (Å²) in [5, 5.41) is 0. The molecule has 0 fully saturated rings. The summed E-state index contributed by atoms with van der Waals surface area (Å²) in [7, 11) is 0. The van der Waals surface area contributed by atoms with Crippen molar-refractivity contribution in [1.82, 2.24) is 0 Å². The van der Waals surface area contributed by atoms with Gasteiger partial charge < -0.3 is 4.74 Å². The first-order valence-corrected chi connectivity index (χ1v) is 9.40. The Bertz CT molecular complexity index is 929. The van der Waals surface area contributed by atoms with Gasteiger partial charge in [0.25, 0.3) is 0 Å². The number of rotatable bonds is 5. The van der Waals surface area contributed by atoms with Gasteiger partial charge in [0, 0.05) is 6.21 Å². The molecule has 0 atom stereocenters. The number of aliphatic imine (C=N–C) groups is 1. The molecule has 2 nitrogen and oxygen atoms in total. The highest BCUT2D eigenvalue weighted by molar-refractivity contribution is 9.10. The molecule has 0 aliphatic rings. The van der Waals surface area contributed by atoms with Crippen LogP contribution in [0, 0.1) is 20.8 Å². The molecule has 132 valence electrons. The van der Waals surface area contributed by atoms with Gasteiger partial charge in [0.2, 0.25) is 0 Å². The third-order valence-electron chi connectivity index (χ3n) is 4.19. The van der Waals surface area contributed by atoms with Crippen LogP contribution in [0.1, 0.15) is 27.8 Å². The van der Waals surface area contributed by atoms with E-state index in [4.69, 9.17) is 4.74 Å². The number of hydrogen-bond donors (Lipinski definition) is 0.